The van der Waals surface area contributed by atoms with Gasteiger partial charge in [0.25, 0.3) is 5.91 Å². The Labute approximate surface area is 437 Å². The van der Waals surface area contributed by atoms with Gasteiger partial charge in [0.05, 0.1) is 34.5 Å². The Morgan fingerprint density at radius 2 is 1.26 bits per heavy atom. The summed E-state index contributed by atoms with van der Waals surface area (Å²) < 4.78 is 52.8. The molecule has 2 unspecified atom stereocenters. The molecule has 9 N–H and O–H groups in total. The molecule has 2 aromatic carbocycles. The third kappa shape index (κ3) is 9.69. The van der Waals surface area contributed by atoms with E-state index in [1.54, 1.807) is 40.7 Å². The summed E-state index contributed by atoms with van der Waals surface area (Å²) >= 11 is 0. The number of aromatic hydroxyl groups is 2. The molecule has 2 saturated heterocycles. The van der Waals surface area contributed by atoms with E-state index in [1.165, 1.54) is 76.5 Å². The van der Waals surface area contributed by atoms with Gasteiger partial charge in [-0.1, -0.05) is 0 Å². The number of aliphatic hydroxyl groups is 3. The molecular weight excluding hydrogens is 1010 g/mol. The second kappa shape index (κ2) is 20.2. The highest BCUT2D eigenvalue weighted by Gasteiger charge is 2.54. The number of rotatable bonds is 13. The van der Waals surface area contributed by atoms with E-state index in [4.69, 9.17) is 48.9 Å². The van der Waals surface area contributed by atoms with Gasteiger partial charge in [0.1, 0.15) is 63.3 Å². The lowest BCUT2D eigenvalue weighted by Gasteiger charge is -2.47. The van der Waals surface area contributed by atoms with Crippen LogP contribution >= 0.6 is 0 Å². The monoisotopic (exact) mass is 1060 g/mol. The van der Waals surface area contributed by atoms with Gasteiger partial charge in [-0.15, -0.1) is 0 Å². The van der Waals surface area contributed by atoms with Crippen LogP contribution in [0.1, 0.15) is 87.2 Å². The van der Waals surface area contributed by atoms with Crippen molar-refractivity contribution in [2.75, 3.05) is 19.0 Å². The van der Waals surface area contributed by atoms with Crippen LogP contribution in [0.5, 0.6) is 23.0 Å². The van der Waals surface area contributed by atoms with Crippen LogP contribution in [0.25, 0.3) is 33.1 Å². The highest BCUT2D eigenvalue weighted by molar-refractivity contribution is 6.07. The maximum absolute atomic E-state index is 13.8. The summed E-state index contributed by atoms with van der Waals surface area (Å²) in [6.45, 7) is 18.1. The van der Waals surface area contributed by atoms with Crippen LogP contribution in [0, 0.1) is 40.5 Å². The third-order valence-electron chi connectivity index (χ3n) is 14.1. The maximum atomic E-state index is 13.8. The van der Waals surface area contributed by atoms with Crippen molar-refractivity contribution < 1.29 is 81.9 Å². The Bertz CT molecular complexity index is 3580. The maximum Gasteiger partial charge on any atom is 0.364 e. The second-order valence-corrected chi connectivity index (χ2v) is 20.0. The van der Waals surface area contributed by atoms with Gasteiger partial charge in [-0.3, -0.25) is 4.79 Å². The molecule has 2 fully saturated rings. The number of methoxy groups -OCH3 is 1. The number of benzene rings is 2. The number of aliphatic hydroxyl groups excluding tert-OH is 3. The van der Waals surface area contributed by atoms with Crippen LogP contribution in [-0.4, -0.2) is 126 Å². The largest absolute Gasteiger partial charge is 0.506 e. The molecule has 7 heterocycles. The first-order valence-corrected chi connectivity index (χ1v) is 24.1. The fraction of sp³-hybridized carbons (Fsp3) is 0.370. The summed E-state index contributed by atoms with van der Waals surface area (Å²) in [6.07, 6.45) is -8.40. The molecule has 8 atom stereocenters. The smallest absolute Gasteiger partial charge is 0.364 e. The van der Waals surface area contributed by atoms with Crippen molar-refractivity contribution in [3.05, 3.63) is 128 Å². The molecule has 9 rings (SSSR count). The number of amides is 1. The molecule has 2 aliphatic heterocycles. The van der Waals surface area contributed by atoms with Crippen molar-refractivity contribution in [2.24, 2.45) is 5.92 Å². The van der Waals surface area contributed by atoms with E-state index in [9.17, 15) is 49.5 Å². The molecule has 23 nitrogen and oxygen atoms in total. The summed E-state index contributed by atoms with van der Waals surface area (Å²) in [5, 5.41) is 58.8. The van der Waals surface area contributed by atoms with Crippen molar-refractivity contribution >= 4 is 45.5 Å². The number of nitrogens with one attached hydrogen (secondary N) is 4. The first-order chi connectivity index (χ1) is 36.3. The number of hydrogen-bond acceptors (Lipinski definition) is 19. The zero-order valence-corrected chi connectivity index (χ0v) is 43.1. The number of anilines is 1. The van der Waals surface area contributed by atoms with Gasteiger partial charge in [0.2, 0.25) is 12.6 Å². The normalized spacial score (nSPS) is 22.9. The second-order valence-electron chi connectivity index (χ2n) is 20.0. The number of H-pyrrole nitrogens is 3. The molecule has 77 heavy (non-hydrogen) atoms. The molecule has 2 aliphatic rings. The fourth-order valence-corrected chi connectivity index (χ4v) is 9.91. The summed E-state index contributed by atoms with van der Waals surface area (Å²) in [7, 11) is 1.37. The van der Waals surface area contributed by atoms with Crippen LogP contribution in [-0.2, 0) is 23.7 Å². The van der Waals surface area contributed by atoms with Gasteiger partial charge in [0.15, 0.2) is 29.7 Å². The van der Waals surface area contributed by atoms with E-state index in [-0.39, 0.29) is 84.0 Å². The van der Waals surface area contributed by atoms with Crippen molar-refractivity contribution in [3.63, 3.8) is 0 Å². The SMILES string of the molecule is [CH]c1ccc(C(=O)OC2[C@@H](O)[C@@H](Oc3ccc4c(O)c(-c5c[nH]c(C(=O)Nc6c(O)c7ccc(O[C@@H]8OC(C)(C)[C@H](CO)[C@H](OC(=O)c9ccc(C)[nH]9)C8O)c(C)c7oc6=O)c5C)c(=O)oc4c3C)OC(C)(C)[C@H]2OC)[nH]1. The van der Waals surface area contributed by atoms with Crippen molar-refractivity contribution in [3.8, 4) is 34.1 Å². The Balaban J connectivity index is 0.930. The van der Waals surface area contributed by atoms with Gasteiger partial charge in [-0.25, -0.2) is 19.2 Å². The molecule has 2 radical (unpaired) electrons. The molecule has 0 bridgehead atoms. The Hall–Kier alpha value is -7.93. The summed E-state index contributed by atoms with van der Waals surface area (Å²) in [6, 6.07) is 11.7. The predicted molar refractivity (Wildman–Crippen MR) is 271 cm³/mol. The quantitative estimate of drug-likeness (QED) is 0.0520. The van der Waals surface area contributed by atoms with Crippen molar-refractivity contribution in [1.82, 2.24) is 15.0 Å². The van der Waals surface area contributed by atoms with Gasteiger partial charge in [0, 0.05) is 48.3 Å². The lowest BCUT2D eigenvalue weighted by Crippen LogP contribution is -2.65. The van der Waals surface area contributed by atoms with Crippen LogP contribution in [0.2, 0.25) is 0 Å². The fourth-order valence-electron chi connectivity index (χ4n) is 9.91. The number of aryl methyl sites for hydroxylation is 3. The summed E-state index contributed by atoms with van der Waals surface area (Å²) in [4.78, 5) is 75.6. The predicted octanol–water partition coefficient (Wildman–Crippen LogP) is 5.33. The Kier molecular flexibility index (Phi) is 14.1. The van der Waals surface area contributed by atoms with E-state index < -0.39 is 113 Å². The van der Waals surface area contributed by atoms with E-state index in [0.717, 1.165) is 0 Å². The van der Waals surface area contributed by atoms with Crippen LogP contribution in [0.15, 0.2) is 73.2 Å². The van der Waals surface area contributed by atoms with E-state index in [0.29, 0.717) is 5.69 Å². The standard InChI is InChI=1S/C54H56N4O19/c1-21-11-15-30(56-21)47(65)74-43-29(20-59)53(6,7)76-51(39(43)62)70-33-18-14-27-38(61)36(50(68)73-42(27)25(33)5)58-46(64)35-23(3)28(19-55-35)34-37(60)26-13-17-32(24(4)41(26)72-49(34)67)71-52-40(63)44(45(69-10)54(8,9)77-52)75-48(66)31-16-12-22(2)57-31/h2,11-19,29,39-40,43-45,51-52,55-57,59-63H,20H2,1,3-10H3,(H,58,64)/t29-,39?,40-,43+,44?,45+,51-,52+/m1/s1. The molecular formula is C54H56N4O19. The number of esters is 2. The zero-order valence-electron chi connectivity index (χ0n) is 43.1. The number of aromatic nitrogens is 3. The minimum absolute atomic E-state index is 0.0228. The average Bonchev–Trinajstić information content (AvgIpc) is 4.18. The van der Waals surface area contributed by atoms with Crippen LogP contribution in [0.4, 0.5) is 5.69 Å². The number of carbonyl (C=O) groups is 3. The highest BCUT2D eigenvalue weighted by Crippen LogP contribution is 2.43. The number of hydrogen-bond donors (Lipinski definition) is 9. The first kappa shape index (κ1) is 53.9. The lowest BCUT2D eigenvalue weighted by molar-refractivity contribution is -0.305. The molecule has 23 heteroatoms. The lowest BCUT2D eigenvalue weighted by atomic mass is 9.81. The van der Waals surface area contributed by atoms with Gasteiger partial charge >= 0.3 is 23.2 Å². The number of ether oxygens (including phenoxy) is 7. The van der Waals surface area contributed by atoms with Crippen molar-refractivity contribution in [2.45, 2.75) is 110 Å². The first-order valence-electron chi connectivity index (χ1n) is 24.1. The minimum Gasteiger partial charge on any atom is -0.506 e. The molecule has 1 amide bonds. The van der Waals surface area contributed by atoms with E-state index in [1.807, 2.05) is 0 Å². The third-order valence-corrected chi connectivity index (χ3v) is 14.1. The molecule has 5 aromatic heterocycles. The van der Waals surface area contributed by atoms with Crippen LogP contribution < -0.4 is 26.0 Å². The average molecular weight is 1070 g/mol. The Morgan fingerprint density at radius 1 is 0.714 bits per heavy atom. The van der Waals surface area contributed by atoms with Crippen LogP contribution in [0.3, 0.4) is 0 Å². The topological polar surface area (TPSA) is 337 Å². The van der Waals surface area contributed by atoms with E-state index >= 15 is 0 Å². The number of carbonyl (C=O) groups excluding carboxylic acids is 3. The van der Waals surface area contributed by atoms with Gasteiger partial charge in [-0.05, 0) is 109 Å². The molecule has 0 saturated carbocycles. The van der Waals surface area contributed by atoms with E-state index in [2.05, 4.69) is 20.3 Å². The molecule has 7 aromatic rings. The van der Waals surface area contributed by atoms with Gasteiger partial charge in [-0.2, -0.15) is 0 Å². The van der Waals surface area contributed by atoms with Crippen molar-refractivity contribution in [1.29, 1.82) is 0 Å². The summed E-state index contributed by atoms with van der Waals surface area (Å²) in [5.41, 5.74) is -4.25. The Morgan fingerprint density at radius 3 is 1.82 bits per heavy atom. The molecule has 0 aliphatic carbocycles. The minimum atomic E-state index is -1.62. The molecule has 406 valence electrons. The molecule has 0 spiro atoms. The zero-order chi connectivity index (χ0) is 55.7. The summed E-state index contributed by atoms with van der Waals surface area (Å²) in [5.74, 6) is -4.49. The number of fused-ring (bicyclic) bond motifs is 2. The highest BCUT2D eigenvalue weighted by atomic mass is 16.7. The number of aromatic amines is 3. The van der Waals surface area contributed by atoms with Gasteiger partial charge < -0.3 is 87.8 Å².